The van der Waals surface area contributed by atoms with Crippen LogP contribution in [0.5, 0.6) is 5.75 Å². The van der Waals surface area contributed by atoms with Crippen LogP contribution in [0, 0.1) is 6.92 Å². The largest absolute Gasteiger partial charge is 0.497 e. The first-order valence-electron chi connectivity index (χ1n) is 11.0. The summed E-state index contributed by atoms with van der Waals surface area (Å²) in [6, 6.07) is 15.5. The lowest BCUT2D eigenvalue weighted by molar-refractivity contribution is 0.0690. The second kappa shape index (κ2) is 9.30. The van der Waals surface area contributed by atoms with Crippen molar-refractivity contribution in [3.63, 3.8) is 0 Å². The van der Waals surface area contributed by atoms with Gasteiger partial charge in [0, 0.05) is 11.8 Å². The zero-order valence-electron chi connectivity index (χ0n) is 18.8. The molecule has 2 aromatic carbocycles. The van der Waals surface area contributed by atoms with Gasteiger partial charge in [-0.05, 0) is 49.4 Å². The summed E-state index contributed by atoms with van der Waals surface area (Å²) in [5, 5.41) is 3.29. The molecule has 0 aliphatic carbocycles. The lowest BCUT2D eigenvalue weighted by Crippen LogP contribution is -2.44. The molecular formula is C24H26N4O5S. The Hall–Kier alpha value is -3.05. The van der Waals surface area contributed by atoms with Gasteiger partial charge in [-0.1, -0.05) is 17.7 Å². The van der Waals surface area contributed by atoms with Crippen LogP contribution in [-0.2, 0) is 19.5 Å². The van der Waals surface area contributed by atoms with Crippen molar-refractivity contribution in [3.8, 4) is 17.0 Å². The monoisotopic (exact) mass is 482 g/mol. The van der Waals surface area contributed by atoms with E-state index in [0.29, 0.717) is 12.6 Å². The molecule has 3 heterocycles. The number of hydrogen-bond donors (Lipinski definition) is 2. The molecule has 2 fully saturated rings. The summed E-state index contributed by atoms with van der Waals surface area (Å²) in [6.07, 6.45) is 0.970. The van der Waals surface area contributed by atoms with Crippen LogP contribution < -0.4 is 14.8 Å². The Bertz CT molecular complexity index is 1250. The van der Waals surface area contributed by atoms with Gasteiger partial charge in [0.1, 0.15) is 18.0 Å². The molecule has 2 saturated heterocycles. The number of hydrogen-bond acceptors (Lipinski definition) is 8. The van der Waals surface area contributed by atoms with Crippen molar-refractivity contribution < 1.29 is 22.6 Å². The molecule has 0 saturated carbocycles. The zero-order chi connectivity index (χ0) is 23.7. The van der Waals surface area contributed by atoms with E-state index in [-0.39, 0.29) is 23.6 Å². The molecule has 0 radical (unpaired) electrons. The van der Waals surface area contributed by atoms with Crippen LogP contribution in [0.4, 0.5) is 5.95 Å². The van der Waals surface area contributed by atoms with Gasteiger partial charge in [-0.25, -0.2) is 23.1 Å². The van der Waals surface area contributed by atoms with Gasteiger partial charge >= 0.3 is 0 Å². The molecule has 2 aliphatic heterocycles. The van der Waals surface area contributed by atoms with Crippen molar-refractivity contribution in [1.82, 2.24) is 14.7 Å². The first-order chi connectivity index (χ1) is 16.4. The molecule has 0 spiro atoms. The van der Waals surface area contributed by atoms with Crippen molar-refractivity contribution in [2.24, 2.45) is 0 Å². The van der Waals surface area contributed by atoms with Crippen LogP contribution in [0.25, 0.3) is 11.3 Å². The fraction of sp³-hybridized carbons (Fsp3) is 0.333. The number of rotatable bonds is 7. The number of nitrogens with zero attached hydrogens (tertiary/aromatic N) is 2. The maximum Gasteiger partial charge on any atom is 0.240 e. The van der Waals surface area contributed by atoms with E-state index in [9.17, 15) is 8.42 Å². The Morgan fingerprint density at radius 1 is 0.941 bits per heavy atom. The molecule has 0 amide bonds. The SMILES string of the molecule is COc1ccc(-c2ccnc(NC3COC4C(NS(=O)(=O)c5ccc(C)cc5)COC34)n2)cc1. The summed E-state index contributed by atoms with van der Waals surface area (Å²) < 4.78 is 45.4. The lowest BCUT2D eigenvalue weighted by Gasteiger charge is -2.18. The molecular weight excluding hydrogens is 456 g/mol. The number of aromatic nitrogens is 2. The predicted molar refractivity (Wildman–Crippen MR) is 126 cm³/mol. The quantitative estimate of drug-likeness (QED) is 0.528. The van der Waals surface area contributed by atoms with Crippen molar-refractivity contribution in [3.05, 3.63) is 66.4 Å². The summed E-state index contributed by atoms with van der Waals surface area (Å²) in [6.45, 7) is 2.49. The van der Waals surface area contributed by atoms with Gasteiger partial charge in [0.2, 0.25) is 16.0 Å². The molecule has 10 heteroatoms. The Kier molecular flexibility index (Phi) is 6.22. The number of benzene rings is 2. The van der Waals surface area contributed by atoms with Crippen LogP contribution in [0.3, 0.4) is 0 Å². The minimum atomic E-state index is -3.68. The Morgan fingerprint density at radius 2 is 1.62 bits per heavy atom. The van der Waals surface area contributed by atoms with E-state index in [1.165, 1.54) is 0 Å². The molecule has 1 aromatic heterocycles. The summed E-state index contributed by atoms with van der Waals surface area (Å²) in [5.41, 5.74) is 2.70. The molecule has 5 rings (SSSR count). The highest BCUT2D eigenvalue weighted by molar-refractivity contribution is 7.89. The van der Waals surface area contributed by atoms with E-state index in [2.05, 4.69) is 20.0 Å². The molecule has 4 unspecified atom stereocenters. The van der Waals surface area contributed by atoms with E-state index < -0.39 is 22.2 Å². The average molecular weight is 483 g/mol. The maximum absolute atomic E-state index is 12.8. The first kappa shape index (κ1) is 22.7. The highest BCUT2D eigenvalue weighted by Crippen LogP contribution is 2.30. The second-order valence-corrected chi connectivity index (χ2v) is 10.1. The number of nitrogens with one attached hydrogen (secondary N) is 2. The number of methoxy groups -OCH3 is 1. The minimum Gasteiger partial charge on any atom is -0.497 e. The van der Waals surface area contributed by atoms with Crippen LogP contribution in [0.15, 0.2) is 65.7 Å². The van der Waals surface area contributed by atoms with Gasteiger partial charge in [-0.2, -0.15) is 0 Å². The summed E-state index contributed by atoms with van der Waals surface area (Å²) in [7, 11) is -2.05. The third kappa shape index (κ3) is 4.62. The van der Waals surface area contributed by atoms with Crippen LogP contribution in [0.2, 0.25) is 0 Å². The Labute approximate surface area is 198 Å². The average Bonchev–Trinajstić information content (AvgIpc) is 3.43. The summed E-state index contributed by atoms with van der Waals surface area (Å²) in [5.74, 6) is 1.23. The van der Waals surface area contributed by atoms with E-state index in [1.54, 1.807) is 37.6 Å². The van der Waals surface area contributed by atoms with Crippen molar-refractivity contribution in [2.45, 2.75) is 36.1 Å². The first-order valence-corrected chi connectivity index (χ1v) is 12.5. The second-order valence-electron chi connectivity index (χ2n) is 8.38. The molecule has 4 atom stereocenters. The fourth-order valence-corrected chi connectivity index (χ4v) is 5.46. The van der Waals surface area contributed by atoms with Crippen LogP contribution in [-0.4, -0.2) is 63.0 Å². The van der Waals surface area contributed by atoms with Crippen LogP contribution in [0.1, 0.15) is 5.56 Å². The number of sulfonamides is 1. The molecule has 3 aromatic rings. The van der Waals surface area contributed by atoms with E-state index in [0.717, 1.165) is 22.6 Å². The smallest absolute Gasteiger partial charge is 0.240 e. The highest BCUT2D eigenvalue weighted by atomic mass is 32.2. The third-order valence-corrected chi connectivity index (χ3v) is 7.55. The predicted octanol–water partition coefficient (Wildman–Crippen LogP) is 2.39. The molecule has 2 N–H and O–H groups in total. The van der Waals surface area contributed by atoms with Gasteiger partial charge in [0.25, 0.3) is 0 Å². The van der Waals surface area contributed by atoms with Gasteiger partial charge in [-0.3, -0.25) is 0 Å². The summed E-state index contributed by atoms with van der Waals surface area (Å²) >= 11 is 0. The topological polar surface area (TPSA) is 112 Å². The molecule has 34 heavy (non-hydrogen) atoms. The van der Waals surface area contributed by atoms with Crippen molar-refractivity contribution in [2.75, 3.05) is 25.6 Å². The molecule has 178 valence electrons. The normalized spacial score (nSPS) is 24.1. The standard InChI is InChI=1S/C24H26N4O5S/c1-15-3-9-18(10-4-15)34(29,30)28-21-14-33-22-20(13-32-23(21)22)27-24-25-12-11-19(26-24)16-5-7-17(31-2)8-6-16/h3-12,20-23,28H,13-14H2,1-2H3,(H,25,26,27). The number of aryl methyl sites for hydroxylation is 1. The third-order valence-electron chi connectivity index (χ3n) is 6.05. The Balaban J connectivity index is 1.25. The minimum absolute atomic E-state index is 0.204. The van der Waals surface area contributed by atoms with Gasteiger partial charge in [0.05, 0.1) is 43.0 Å². The lowest BCUT2D eigenvalue weighted by atomic mass is 10.1. The van der Waals surface area contributed by atoms with Gasteiger partial charge in [-0.15, -0.1) is 0 Å². The highest BCUT2D eigenvalue weighted by Gasteiger charge is 2.49. The maximum atomic E-state index is 12.8. The van der Waals surface area contributed by atoms with E-state index >= 15 is 0 Å². The van der Waals surface area contributed by atoms with Crippen molar-refractivity contribution in [1.29, 1.82) is 0 Å². The van der Waals surface area contributed by atoms with Crippen LogP contribution >= 0.6 is 0 Å². The Morgan fingerprint density at radius 3 is 2.32 bits per heavy atom. The number of ether oxygens (including phenoxy) is 3. The number of anilines is 1. The molecule has 2 aliphatic rings. The van der Waals surface area contributed by atoms with E-state index in [4.69, 9.17) is 14.2 Å². The number of fused-ring (bicyclic) bond motifs is 1. The fourth-order valence-electron chi connectivity index (χ4n) is 4.23. The molecule has 9 nitrogen and oxygen atoms in total. The zero-order valence-corrected chi connectivity index (χ0v) is 19.7. The summed E-state index contributed by atoms with van der Waals surface area (Å²) in [4.78, 5) is 9.17. The van der Waals surface area contributed by atoms with E-state index in [1.807, 2.05) is 37.3 Å². The van der Waals surface area contributed by atoms with Crippen molar-refractivity contribution >= 4 is 16.0 Å². The van der Waals surface area contributed by atoms with Gasteiger partial charge in [0.15, 0.2) is 0 Å². The van der Waals surface area contributed by atoms with Gasteiger partial charge < -0.3 is 19.5 Å². The molecule has 0 bridgehead atoms.